The Bertz CT molecular complexity index is 867. The van der Waals surface area contributed by atoms with Crippen molar-refractivity contribution in [3.63, 3.8) is 0 Å². The van der Waals surface area contributed by atoms with E-state index in [2.05, 4.69) is 16.0 Å². The van der Waals surface area contributed by atoms with E-state index in [1.807, 2.05) is 12.1 Å². The highest BCUT2D eigenvalue weighted by Crippen LogP contribution is 2.33. The summed E-state index contributed by atoms with van der Waals surface area (Å²) in [5.41, 5.74) is 1.24. The molecule has 1 aromatic heterocycles. The van der Waals surface area contributed by atoms with Crippen molar-refractivity contribution in [3.8, 4) is 17.6 Å². The molecule has 2 aliphatic heterocycles. The number of hydrogen-bond donors (Lipinski definition) is 0. The van der Waals surface area contributed by atoms with Crippen molar-refractivity contribution in [1.82, 2.24) is 4.98 Å². The molecule has 0 aliphatic carbocycles. The number of carbonyl (C=O) groups is 1. The number of nitrogens with zero attached hydrogens (tertiary/aromatic N) is 3. The highest BCUT2D eigenvalue weighted by atomic mass is 16.6. The number of hydrogen-bond acceptors (Lipinski definition) is 6. The molecule has 4 rings (SSSR count). The zero-order valence-corrected chi connectivity index (χ0v) is 14.4. The molecule has 2 aromatic rings. The van der Waals surface area contributed by atoms with E-state index in [4.69, 9.17) is 9.47 Å². The highest BCUT2D eigenvalue weighted by molar-refractivity contribution is 5.98. The Morgan fingerprint density at radius 2 is 1.92 bits per heavy atom. The number of nitriles is 1. The summed E-state index contributed by atoms with van der Waals surface area (Å²) in [7, 11) is 0. The van der Waals surface area contributed by atoms with Gasteiger partial charge in [0.1, 0.15) is 25.1 Å². The standard InChI is InChI=1S/C20H19N3O3/c21-13-16-2-1-7-22-20(16)23-8-5-14(6-9-23)19(24)15-3-4-17-18(12-15)26-11-10-25-17/h1-4,7,12,14H,5-6,8-11H2. The topological polar surface area (TPSA) is 75.5 Å². The van der Waals surface area contributed by atoms with Crippen LogP contribution < -0.4 is 14.4 Å². The first kappa shape index (κ1) is 16.4. The first-order chi connectivity index (χ1) is 12.8. The van der Waals surface area contributed by atoms with Gasteiger partial charge in [-0.3, -0.25) is 4.79 Å². The highest BCUT2D eigenvalue weighted by Gasteiger charge is 2.28. The van der Waals surface area contributed by atoms with Crippen molar-refractivity contribution in [1.29, 1.82) is 5.26 Å². The number of carbonyl (C=O) groups excluding carboxylic acids is 1. The molecule has 0 saturated carbocycles. The predicted molar refractivity (Wildman–Crippen MR) is 95.7 cm³/mol. The third kappa shape index (κ3) is 3.08. The van der Waals surface area contributed by atoms with Gasteiger partial charge in [0.15, 0.2) is 17.3 Å². The van der Waals surface area contributed by atoms with Crippen LogP contribution >= 0.6 is 0 Å². The third-order valence-corrected chi connectivity index (χ3v) is 4.90. The summed E-state index contributed by atoms with van der Waals surface area (Å²) < 4.78 is 11.1. The average Bonchev–Trinajstić information content (AvgIpc) is 2.73. The Balaban J connectivity index is 1.45. The minimum absolute atomic E-state index is 0.0249. The van der Waals surface area contributed by atoms with Crippen LogP contribution in [0.5, 0.6) is 11.5 Å². The van der Waals surface area contributed by atoms with Gasteiger partial charge in [0, 0.05) is 30.8 Å². The van der Waals surface area contributed by atoms with Gasteiger partial charge >= 0.3 is 0 Å². The second-order valence-corrected chi connectivity index (χ2v) is 6.47. The maximum Gasteiger partial charge on any atom is 0.166 e. The SMILES string of the molecule is N#Cc1cccnc1N1CCC(C(=O)c2ccc3c(c2)OCCO3)CC1. The Kier molecular flexibility index (Phi) is 4.44. The summed E-state index contributed by atoms with van der Waals surface area (Å²) >= 11 is 0. The molecule has 0 unspecified atom stereocenters. The lowest BCUT2D eigenvalue weighted by molar-refractivity contribution is 0.0899. The molecule has 0 radical (unpaired) electrons. The lowest BCUT2D eigenvalue weighted by Crippen LogP contribution is -2.37. The van der Waals surface area contributed by atoms with Gasteiger partial charge in [-0.2, -0.15) is 5.26 Å². The molecular formula is C20H19N3O3. The van der Waals surface area contributed by atoms with Crippen LogP contribution in [0.4, 0.5) is 5.82 Å². The molecule has 2 aliphatic rings. The zero-order valence-electron chi connectivity index (χ0n) is 14.4. The molecule has 132 valence electrons. The first-order valence-electron chi connectivity index (χ1n) is 8.80. The normalized spacial score (nSPS) is 16.8. The summed E-state index contributed by atoms with van der Waals surface area (Å²) in [6.07, 6.45) is 3.19. The molecule has 1 aromatic carbocycles. The molecule has 0 amide bonds. The van der Waals surface area contributed by atoms with E-state index in [0.29, 0.717) is 54.7 Å². The number of benzene rings is 1. The Morgan fingerprint density at radius 1 is 1.15 bits per heavy atom. The molecule has 6 heteroatoms. The first-order valence-corrected chi connectivity index (χ1v) is 8.80. The van der Waals surface area contributed by atoms with E-state index < -0.39 is 0 Å². The van der Waals surface area contributed by atoms with Gasteiger partial charge in [0.2, 0.25) is 0 Å². The van der Waals surface area contributed by atoms with E-state index in [0.717, 1.165) is 12.8 Å². The summed E-state index contributed by atoms with van der Waals surface area (Å²) in [4.78, 5) is 19.3. The molecule has 0 N–H and O–H groups in total. The number of ketones is 1. The summed E-state index contributed by atoms with van der Waals surface area (Å²) in [5.74, 6) is 2.17. The van der Waals surface area contributed by atoms with Crippen molar-refractivity contribution < 1.29 is 14.3 Å². The van der Waals surface area contributed by atoms with E-state index in [9.17, 15) is 10.1 Å². The van der Waals surface area contributed by atoms with Crippen molar-refractivity contribution in [2.24, 2.45) is 5.92 Å². The van der Waals surface area contributed by atoms with Gasteiger partial charge in [-0.15, -0.1) is 0 Å². The largest absolute Gasteiger partial charge is 0.486 e. The van der Waals surface area contributed by atoms with Crippen LogP contribution in [0.25, 0.3) is 0 Å². The second kappa shape index (κ2) is 7.04. The minimum Gasteiger partial charge on any atom is -0.486 e. The smallest absolute Gasteiger partial charge is 0.166 e. The summed E-state index contributed by atoms with van der Waals surface area (Å²) in [6, 6.07) is 11.1. The molecule has 26 heavy (non-hydrogen) atoms. The maximum absolute atomic E-state index is 12.9. The number of pyridine rings is 1. The molecule has 0 spiro atoms. The Hall–Kier alpha value is -3.07. The van der Waals surface area contributed by atoms with Crippen LogP contribution in [0.2, 0.25) is 0 Å². The number of anilines is 1. The van der Waals surface area contributed by atoms with Crippen molar-refractivity contribution in [2.75, 3.05) is 31.2 Å². The third-order valence-electron chi connectivity index (χ3n) is 4.90. The molecule has 3 heterocycles. The van der Waals surface area contributed by atoms with E-state index >= 15 is 0 Å². The van der Waals surface area contributed by atoms with Crippen molar-refractivity contribution in [3.05, 3.63) is 47.7 Å². The molecule has 1 saturated heterocycles. The monoisotopic (exact) mass is 349 g/mol. The summed E-state index contributed by atoms with van der Waals surface area (Å²) in [6.45, 7) is 2.48. The number of rotatable bonds is 3. The van der Waals surface area contributed by atoms with E-state index in [1.54, 1.807) is 24.4 Å². The number of aromatic nitrogens is 1. The van der Waals surface area contributed by atoms with Crippen molar-refractivity contribution in [2.45, 2.75) is 12.8 Å². The minimum atomic E-state index is -0.0249. The van der Waals surface area contributed by atoms with Crippen molar-refractivity contribution >= 4 is 11.6 Å². The van der Waals surface area contributed by atoms with E-state index in [-0.39, 0.29) is 11.7 Å². The van der Waals surface area contributed by atoms with Gasteiger partial charge in [-0.25, -0.2) is 4.98 Å². The second-order valence-electron chi connectivity index (χ2n) is 6.47. The van der Waals surface area contributed by atoms with E-state index in [1.165, 1.54) is 0 Å². The molecular weight excluding hydrogens is 330 g/mol. The number of Topliss-reactive ketones (excluding diaryl/α,β-unsaturated/α-hetero) is 1. The average molecular weight is 349 g/mol. The fourth-order valence-electron chi connectivity index (χ4n) is 3.52. The van der Waals surface area contributed by atoms with Crippen LogP contribution in [0.1, 0.15) is 28.8 Å². The van der Waals surface area contributed by atoms with Gasteiger partial charge in [-0.1, -0.05) is 0 Å². The summed E-state index contributed by atoms with van der Waals surface area (Å²) in [5, 5.41) is 9.24. The van der Waals surface area contributed by atoms with Crippen LogP contribution in [-0.4, -0.2) is 37.1 Å². The van der Waals surface area contributed by atoms with Crippen LogP contribution in [-0.2, 0) is 0 Å². The molecule has 6 nitrogen and oxygen atoms in total. The van der Waals surface area contributed by atoms with Crippen LogP contribution in [0.15, 0.2) is 36.5 Å². The Labute approximate surface area is 152 Å². The maximum atomic E-state index is 12.9. The molecule has 0 atom stereocenters. The number of piperidine rings is 1. The lowest BCUT2D eigenvalue weighted by Gasteiger charge is -2.32. The zero-order chi connectivity index (χ0) is 17.9. The van der Waals surface area contributed by atoms with Gasteiger partial charge in [0.05, 0.1) is 5.56 Å². The lowest BCUT2D eigenvalue weighted by atomic mass is 9.88. The van der Waals surface area contributed by atoms with Crippen LogP contribution in [0.3, 0.4) is 0 Å². The fourth-order valence-corrected chi connectivity index (χ4v) is 3.52. The number of ether oxygens (including phenoxy) is 2. The fraction of sp³-hybridized carbons (Fsp3) is 0.350. The molecule has 1 fully saturated rings. The van der Waals surface area contributed by atoms with Crippen LogP contribution in [0, 0.1) is 17.2 Å². The van der Waals surface area contributed by atoms with Gasteiger partial charge < -0.3 is 14.4 Å². The van der Waals surface area contributed by atoms with Gasteiger partial charge in [-0.05, 0) is 43.2 Å². The van der Waals surface area contributed by atoms with Gasteiger partial charge in [0.25, 0.3) is 0 Å². The predicted octanol–water partition coefficient (Wildman–Crippen LogP) is 2.82. The number of fused-ring (bicyclic) bond motifs is 1. The Morgan fingerprint density at radius 3 is 2.69 bits per heavy atom. The molecule has 0 bridgehead atoms. The quantitative estimate of drug-likeness (QED) is 0.793.